The van der Waals surface area contributed by atoms with Gasteiger partial charge in [0.2, 0.25) is 11.2 Å². The number of hydrogen-bond donors (Lipinski definition) is 3. The van der Waals surface area contributed by atoms with Crippen molar-refractivity contribution in [2.45, 2.75) is 123 Å². The first-order valence-electron chi connectivity index (χ1n) is 17.8. The Bertz CT molecular complexity index is 1720. The summed E-state index contributed by atoms with van der Waals surface area (Å²) in [5.41, 5.74) is 2.25. The van der Waals surface area contributed by atoms with Gasteiger partial charge in [0.1, 0.15) is 36.1 Å². The van der Waals surface area contributed by atoms with Gasteiger partial charge in [-0.15, -0.1) is 0 Å². The molecule has 292 valence electrons. The minimum absolute atomic E-state index is 0.103. The third-order valence-electron chi connectivity index (χ3n) is 9.76. The predicted molar refractivity (Wildman–Crippen MR) is 187 cm³/mol. The van der Waals surface area contributed by atoms with Crippen molar-refractivity contribution >= 4 is 42.9 Å². The molecule has 18 nitrogen and oxygen atoms in total. The summed E-state index contributed by atoms with van der Waals surface area (Å²) >= 11 is 0. The van der Waals surface area contributed by atoms with Gasteiger partial charge in [-0.05, 0) is 37.8 Å². The summed E-state index contributed by atoms with van der Waals surface area (Å²) in [6.07, 6.45) is -0.263. The topological polar surface area (TPSA) is 245 Å². The van der Waals surface area contributed by atoms with Crippen molar-refractivity contribution in [2.24, 2.45) is 11.8 Å². The van der Waals surface area contributed by atoms with E-state index in [0.29, 0.717) is 5.52 Å². The van der Waals surface area contributed by atoms with E-state index in [1.807, 2.05) is 33.8 Å². The van der Waals surface area contributed by atoms with E-state index in [1.165, 1.54) is 24.7 Å². The molecule has 0 bridgehead atoms. The Hall–Kier alpha value is -4.14. The molecular weight excluding hydrogens is 713 g/mol. The largest absolute Gasteiger partial charge is 0.464 e. The van der Waals surface area contributed by atoms with E-state index in [1.54, 1.807) is 12.1 Å². The quantitative estimate of drug-likeness (QED) is 0.106. The molecule has 2 aromatic heterocycles. The highest BCUT2D eigenvalue weighted by Crippen LogP contribution is 2.70. The molecule has 1 unspecified atom stereocenters. The number of carbonyl (C=O) groups excluding carboxylic acids is 4. The fourth-order valence-electron chi connectivity index (χ4n) is 6.46. The Morgan fingerprint density at radius 3 is 2.00 bits per heavy atom. The standard InChI is InChI=1S/C34H50N7O11P/c1-9-23(10-2)15-47-30(44)19(5)39-53(46,40-20(6)31(45)48-16-24(11-3)12-4)52-32-33(17-35)34(32,50-22(8)43)28(49-21(7)42)27(51-33)25-13-14-26-29(36)37-18-38-41(25)26/h13-14,18-20,23-24,27-28,32H,9-12,15-16H2,1-8H3,(H2,36,37,38)(H2,39,40,46)/t19-,20-,27-,28-,32?,33+,34+/m0/s1. The van der Waals surface area contributed by atoms with Gasteiger partial charge in [-0.1, -0.05) is 53.4 Å². The molecule has 4 rings (SSSR count). The molecule has 0 amide bonds. The molecule has 2 aromatic rings. The molecule has 7 atom stereocenters. The second-order valence-electron chi connectivity index (χ2n) is 13.4. The van der Waals surface area contributed by atoms with Crippen LogP contribution >= 0.6 is 7.67 Å². The summed E-state index contributed by atoms with van der Waals surface area (Å²) in [4.78, 5) is 55.5. The van der Waals surface area contributed by atoms with Crippen LogP contribution in [0.1, 0.15) is 92.9 Å². The molecule has 1 saturated carbocycles. The first-order valence-corrected chi connectivity index (χ1v) is 19.4. The number of anilines is 1. The Morgan fingerprint density at radius 2 is 1.53 bits per heavy atom. The molecule has 0 spiro atoms. The van der Waals surface area contributed by atoms with Crippen molar-refractivity contribution in [3.05, 3.63) is 24.2 Å². The summed E-state index contributed by atoms with van der Waals surface area (Å²) in [5.74, 6) is -2.92. The van der Waals surface area contributed by atoms with Crippen molar-refractivity contribution in [1.82, 2.24) is 24.8 Å². The first-order chi connectivity index (χ1) is 25.1. The van der Waals surface area contributed by atoms with Crippen LogP contribution in [0.4, 0.5) is 5.82 Å². The second kappa shape index (κ2) is 16.9. The highest BCUT2D eigenvalue weighted by molar-refractivity contribution is 7.54. The van der Waals surface area contributed by atoms with Crippen LogP contribution in [0.3, 0.4) is 0 Å². The maximum absolute atomic E-state index is 14.9. The van der Waals surface area contributed by atoms with Crippen molar-refractivity contribution < 1.29 is 52.0 Å². The number of nitriles is 1. The molecule has 0 aromatic carbocycles. The number of nitrogens with zero attached hydrogens (tertiary/aromatic N) is 4. The second-order valence-corrected chi connectivity index (χ2v) is 15.2. The lowest BCUT2D eigenvalue weighted by Gasteiger charge is -2.30. The van der Waals surface area contributed by atoms with Gasteiger partial charge in [0.05, 0.1) is 18.9 Å². The smallest absolute Gasteiger partial charge is 0.342 e. The lowest BCUT2D eigenvalue weighted by atomic mass is 10.0. The van der Waals surface area contributed by atoms with Crippen LogP contribution in [-0.4, -0.2) is 87.2 Å². The Balaban J connectivity index is 1.73. The number of rotatable bonds is 19. The fourth-order valence-corrected chi connectivity index (χ4v) is 8.48. The Morgan fingerprint density at radius 1 is 0.981 bits per heavy atom. The molecule has 1 saturated heterocycles. The lowest BCUT2D eigenvalue weighted by molar-refractivity contribution is -0.174. The highest BCUT2D eigenvalue weighted by Gasteiger charge is 2.95. The number of fused-ring (bicyclic) bond motifs is 2. The fraction of sp³-hybridized carbons (Fsp3) is 0.676. The van der Waals surface area contributed by atoms with E-state index in [9.17, 15) is 29.0 Å². The van der Waals surface area contributed by atoms with Crippen LogP contribution in [0.2, 0.25) is 0 Å². The van der Waals surface area contributed by atoms with E-state index >= 15 is 0 Å². The average Bonchev–Trinajstić information content (AvgIpc) is 3.35. The van der Waals surface area contributed by atoms with Gasteiger partial charge in [0, 0.05) is 13.8 Å². The molecule has 19 heteroatoms. The third-order valence-corrected chi connectivity index (χ3v) is 11.7. The van der Waals surface area contributed by atoms with Crippen LogP contribution in [0.25, 0.3) is 5.52 Å². The van der Waals surface area contributed by atoms with Gasteiger partial charge in [-0.3, -0.25) is 28.3 Å². The van der Waals surface area contributed by atoms with E-state index in [4.69, 9.17) is 33.9 Å². The molecule has 1 aliphatic carbocycles. The number of nitrogens with one attached hydrogen (secondary N) is 2. The van der Waals surface area contributed by atoms with Crippen molar-refractivity contribution in [3.8, 4) is 6.07 Å². The van der Waals surface area contributed by atoms with Crippen molar-refractivity contribution in [3.63, 3.8) is 0 Å². The van der Waals surface area contributed by atoms with Crippen LogP contribution in [-0.2, 0) is 52.0 Å². The van der Waals surface area contributed by atoms with E-state index in [0.717, 1.165) is 39.5 Å². The minimum atomic E-state index is -4.64. The molecule has 2 fully saturated rings. The van der Waals surface area contributed by atoms with Gasteiger partial charge >= 0.3 is 31.5 Å². The van der Waals surface area contributed by atoms with Crippen molar-refractivity contribution in [1.29, 1.82) is 5.26 Å². The van der Waals surface area contributed by atoms with Gasteiger partial charge in [0.25, 0.3) is 0 Å². The summed E-state index contributed by atoms with van der Waals surface area (Å²) in [6.45, 7) is 13.1. The van der Waals surface area contributed by atoms with Gasteiger partial charge < -0.3 is 29.4 Å². The third kappa shape index (κ3) is 8.34. The number of nitrogen functional groups attached to an aromatic ring is 1. The minimum Gasteiger partial charge on any atom is -0.464 e. The zero-order chi connectivity index (χ0) is 39.3. The number of aromatic nitrogens is 3. The van der Waals surface area contributed by atoms with Crippen LogP contribution in [0.5, 0.6) is 0 Å². The van der Waals surface area contributed by atoms with Crippen molar-refractivity contribution in [2.75, 3.05) is 18.9 Å². The number of nitrogens with two attached hydrogens (primary N) is 1. The number of ether oxygens (including phenoxy) is 5. The average molecular weight is 764 g/mol. The Kier molecular flexibility index (Phi) is 13.3. The molecular formula is C34H50N7O11P. The number of hydrogen-bond acceptors (Lipinski definition) is 15. The van der Waals surface area contributed by atoms with Crippen LogP contribution < -0.4 is 15.9 Å². The zero-order valence-electron chi connectivity index (χ0n) is 31.3. The molecule has 0 radical (unpaired) electrons. The molecule has 2 aliphatic rings. The molecule has 53 heavy (non-hydrogen) atoms. The number of esters is 4. The predicted octanol–water partition coefficient (Wildman–Crippen LogP) is 3.30. The molecule has 4 N–H and O–H groups in total. The van der Waals surface area contributed by atoms with Gasteiger partial charge in [-0.25, -0.2) is 19.7 Å². The summed E-state index contributed by atoms with van der Waals surface area (Å²) in [5, 5.41) is 20.1. The van der Waals surface area contributed by atoms with Crippen LogP contribution in [0.15, 0.2) is 18.5 Å². The maximum Gasteiger partial charge on any atom is 0.342 e. The lowest BCUT2D eigenvalue weighted by Crippen LogP contribution is -2.45. The highest BCUT2D eigenvalue weighted by atomic mass is 31.2. The molecule has 1 aliphatic heterocycles. The van der Waals surface area contributed by atoms with Gasteiger partial charge in [-0.2, -0.15) is 10.4 Å². The van der Waals surface area contributed by atoms with E-state index in [2.05, 4.69) is 20.3 Å². The number of carbonyl (C=O) groups is 4. The Labute approximate surface area is 308 Å². The normalized spacial score (nSPS) is 24.7. The first kappa shape index (κ1) is 41.6. The molecule has 3 heterocycles. The SMILES string of the molecule is CCC(CC)COC(=O)[C@H](C)NP(=O)(N[C@@H](C)C(=O)OCC(CC)CC)OC1[C@@]2(C#N)O[C@@H](c3ccc4c(N)ncnn34)[C@H](OC(C)=O)[C@@]12OC(C)=O. The summed E-state index contributed by atoms with van der Waals surface area (Å²) in [7, 11) is -4.64. The monoisotopic (exact) mass is 763 g/mol. The summed E-state index contributed by atoms with van der Waals surface area (Å²) < 4.78 is 51.1. The summed E-state index contributed by atoms with van der Waals surface area (Å²) in [6, 6.07) is 2.60. The van der Waals surface area contributed by atoms with Gasteiger partial charge in [0.15, 0.2) is 18.0 Å². The maximum atomic E-state index is 14.9. The van der Waals surface area contributed by atoms with E-state index < -0.39 is 73.1 Å². The van der Waals surface area contributed by atoms with Crippen LogP contribution in [0, 0.1) is 23.2 Å². The zero-order valence-corrected chi connectivity index (χ0v) is 32.2. The van der Waals surface area contributed by atoms with E-state index in [-0.39, 0.29) is 36.6 Å².